The number of rotatable bonds is 4. The van der Waals surface area contributed by atoms with Gasteiger partial charge >= 0.3 is 0 Å². The van der Waals surface area contributed by atoms with Crippen LogP contribution in [0.25, 0.3) is 0 Å². The van der Waals surface area contributed by atoms with Crippen molar-refractivity contribution in [2.24, 2.45) is 5.73 Å². The van der Waals surface area contributed by atoms with Crippen LogP contribution in [0, 0.1) is 0 Å². The number of likely N-dealkylation sites (N-methyl/N-ethyl adjacent to an activating group) is 1. The number of hydrogen-bond acceptors (Lipinski definition) is 2. The van der Waals surface area contributed by atoms with Gasteiger partial charge in [-0.3, -0.25) is 0 Å². The second-order valence-corrected chi connectivity index (χ2v) is 5.16. The Morgan fingerprint density at radius 3 is 2.38 bits per heavy atom. The lowest BCUT2D eigenvalue weighted by Gasteiger charge is -2.26. The Balaban J connectivity index is 0.00000225. The molecule has 1 aromatic carbocycles. The normalized spacial score (nSPS) is 11.4. The molecule has 0 radical (unpaired) electrons. The molecule has 0 bridgehead atoms. The van der Waals surface area contributed by atoms with Crippen LogP contribution in [0.5, 0.6) is 0 Å². The SMILES string of the molecule is CN(Cc1ccccc1Cl)CC(C)(C)N.Cl. The molecule has 0 atom stereocenters. The summed E-state index contributed by atoms with van der Waals surface area (Å²) < 4.78 is 0. The maximum atomic E-state index is 6.08. The van der Waals surface area contributed by atoms with E-state index in [0.717, 1.165) is 23.7 Å². The largest absolute Gasteiger partial charge is 0.324 e. The van der Waals surface area contributed by atoms with Gasteiger partial charge in [-0.05, 0) is 32.5 Å². The first-order valence-electron chi connectivity index (χ1n) is 5.09. The van der Waals surface area contributed by atoms with Crippen LogP contribution in [-0.2, 0) is 6.54 Å². The first kappa shape index (κ1) is 15.7. The smallest absolute Gasteiger partial charge is 0.0451 e. The van der Waals surface area contributed by atoms with Crippen molar-refractivity contribution < 1.29 is 0 Å². The third kappa shape index (κ3) is 5.71. The summed E-state index contributed by atoms with van der Waals surface area (Å²) in [4.78, 5) is 2.18. The topological polar surface area (TPSA) is 29.3 Å². The monoisotopic (exact) mass is 262 g/mol. The lowest BCUT2D eigenvalue weighted by atomic mass is 10.1. The van der Waals surface area contributed by atoms with E-state index in [9.17, 15) is 0 Å². The molecule has 4 heteroatoms. The second-order valence-electron chi connectivity index (χ2n) is 4.75. The lowest BCUT2D eigenvalue weighted by molar-refractivity contribution is 0.263. The van der Waals surface area contributed by atoms with Crippen molar-refractivity contribution in [3.05, 3.63) is 34.9 Å². The highest BCUT2D eigenvalue weighted by atomic mass is 35.5. The fourth-order valence-electron chi connectivity index (χ4n) is 1.67. The average molecular weight is 263 g/mol. The third-order valence-electron chi connectivity index (χ3n) is 2.08. The molecule has 0 aromatic heterocycles. The summed E-state index contributed by atoms with van der Waals surface area (Å²) in [6.45, 7) is 5.73. The first-order valence-corrected chi connectivity index (χ1v) is 5.47. The van der Waals surface area contributed by atoms with Crippen LogP contribution >= 0.6 is 24.0 Å². The average Bonchev–Trinajstić information content (AvgIpc) is 2.05. The molecule has 16 heavy (non-hydrogen) atoms. The minimum absolute atomic E-state index is 0. The molecule has 0 saturated heterocycles. The van der Waals surface area contributed by atoms with E-state index in [1.54, 1.807) is 0 Å². The van der Waals surface area contributed by atoms with Gasteiger partial charge in [0, 0.05) is 23.7 Å². The summed E-state index contributed by atoms with van der Waals surface area (Å²) in [6, 6.07) is 7.90. The molecule has 0 spiro atoms. The van der Waals surface area contributed by atoms with Gasteiger partial charge in [0.15, 0.2) is 0 Å². The number of nitrogens with two attached hydrogens (primary N) is 1. The van der Waals surface area contributed by atoms with Crippen LogP contribution in [0.3, 0.4) is 0 Å². The van der Waals surface area contributed by atoms with Gasteiger partial charge in [-0.1, -0.05) is 29.8 Å². The summed E-state index contributed by atoms with van der Waals surface area (Å²) in [5.41, 5.74) is 6.93. The first-order chi connectivity index (χ1) is 6.88. The molecular weight excluding hydrogens is 243 g/mol. The van der Waals surface area contributed by atoms with Gasteiger partial charge in [0.25, 0.3) is 0 Å². The van der Waals surface area contributed by atoms with Crippen LogP contribution in [-0.4, -0.2) is 24.0 Å². The summed E-state index contributed by atoms with van der Waals surface area (Å²) in [7, 11) is 2.05. The Kier molecular flexibility index (Phi) is 6.34. The van der Waals surface area contributed by atoms with E-state index < -0.39 is 0 Å². The summed E-state index contributed by atoms with van der Waals surface area (Å²) in [6.07, 6.45) is 0. The Bertz CT molecular complexity index is 321. The van der Waals surface area contributed by atoms with E-state index in [2.05, 4.69) is 11.9 Å². The van der Waals surface area contributed by atoms with E-state index in [0.29, 0.717) is 0 Å². The van der Waals surface area contributed by atoms with Crippen molar-refractivity contribution in [3.63, 3.8) is 0 Å². The Morgan fingerprint density at radius 1 is 1.31 bits per heavy atom. The van der Waals surface area contributed by atoms with Crippen molar-refractivity contribution in [3.8, 4) is 0 Å². The Morgan fingerprint density at radius 2 is 1.88 bits per heavy atom. The van der Waals surface area contributed by atoms with Crippen molar-refractivity contribution >= 4 is 24.0 Å². The molecule has 0 fully saturated rings. The van der Waals surface area contributed by atoms with E-state index in [1.165, 1.54) is 0 Å². The fraction of sp³-hybridized carbons (Fsp3) is 0.500. The predicted molar refractivity (Wildman–Crippen MR) is 73.3 cm³/mol. The molecule has 1 rings (SSSR count). The standard InChI is InChI=1S/C12H19ClN2.ClH/c1-12(2,14)9-15(3)8-10-6-4-5-7-11(10)13;/h4-7H,8-9,14H2,1-3H3;1H. The number of nitrogens with zero attached hydrogens (tertiary/aromatic N) is 1. The van der Waals surface area contributed by atoms with E-state index >= 15 is 0 Å². The zero-order valence-corrected chi connectivity index (χ0v) is 11.6. The number of hydrogen-bond donors (Lipinski definition) is 1. The number of halogens is 2. The molecule has 0 aliphatic heterocycles. The molecule has 92 valence electrons. The molecule has 0 saturated carbocycles. The quantitative estimate of drug-likeness (QED) is 0.905. The lowest BCUT2D eigenvalue weighted by Crippen LogP contribution is -2.43. The number of benzene rings is 1. The molecule has 0 aliphatic rings. The highest BCUT2D eigenvalue weighted by molar-refractivity contribution is 6.31. The molecule has 0 unspecified atom stereocenters. The van der Waals surface area contributed by atoms with E-state index in [-0.39, 0.29) is 17.9 Å². The van der Waals surface area contributed by atoms with Gasteiger partial charge in [0.1, 0.15) is 0 Å². The molecular formula is C12H20Cl2N2. The van der Waals surface area contributed by atoms with E-state index in [1.807, 2.05) is 38.1 Å². The van der Waals surface area contributed by atoms with Gasteiger partial charge < -0.3 is 10.6 Å². The highest BCUT2D eigenvalue weighted by Gasteiger charge is 2.14. The van der Waals surface area contributed by atoms with Crippen molar-refractivity contribution in [2.45, 2.75) is 25.9 Å². The Hall–Kier alpha value is -0.280. The highest BCUT2D eigenvalue weighted by Crippen LogP contribution is 2.16. The second kappa shape index (κ2) is 6.45. The van der Waals surface area contributed by atoms with Crippen LogP contribution < -0.4 is 5.73 Å². The van der Waals surface area contributed by atoms with Gasteiger partial charge in [0.2, 0.25) is 0 Å². The van der Waals surface area contributed by atoms with Gasteiger partial charge in [-0.25, -0.2) is 0 Å². The van der Waals surface area contributed by atoms with Crippen molar-refractivity contribution in [2.75, 3.05) is 13.6 Å². The van der Waals surface area contributed by atoms with Crippen molar-refractivity contribution in [1.82, 2.24) is 4.90 Å². The van der Waals surface area contributed by atoms with Crippen molar-refractivity contribution in [1.29, 1.82) is 0 Å². The maximum absolute atomic E-state index is 6.08. The zero-order chi connectivity index (χ0) is 11.5. The third-order valence-corrected chi connectivity index (χ3v) is 2.44. The molecule has 0 amide bonds. The van der Waals surface area contributed by atoms with Gasteiger partial charge in [0.05, 0.1) is 0 Å². The minimum Gasteiger partial charge on any atom is -0.324 e. The maximum Gasteiger partial charge on any atom is 0.0451 e. The predicted octanol–water partition coefficient (Wildman–Crippen LogP) is 2.93. The minimum atomic E-state index is -0.171. The van der Waals surface area contributed by atoms with Crippen LogP contribution in [0.1, 0.15) is 19.4 Å². The molecule has 0 heterocycles. The molecule has 0 aliphatic carbocycles. The molecule has 2 N–H and O–H groups in total. The zero-order valence-electron chi connectivity index (χ0n) is 10.0. The Labute approximate surface area is 109 Å². The molecule has 1 aromatic rings. The van der Waals surface area contributed by atoms with Crippen LogP contribution in [0.4, 0.5) is 0 Å². The van der Waals surface area contributed by atoms with Crippen LogP contribution in [0.2, 0.25) is 5.02 Å². The molecule has 2 nitrogen and oxygen atoms in total. The summed E-state index contributed by atoms with van der Waals surface area (Å²) in [5, 5.41) is 0.819. The fourth-order valence-corrected chi connectivity index (χ4v) is 1.86. The summed E-state index contributed by atoms with van der Waals surface area (Å²) in [5.74, 6) is 0. The van der Waals surface area contributed by atoms with Crippen LogP contribution in [0.15, 0.2) is 24.3 Å². The summed E-state index contributed by atoms with van der Waals surface area (Å²) >= 11 is 6.08. The van der Waals surface area contributed by atoms with Gasteiger partial charge in [-0.15, -0.1) is 12.4 Å². The van der Waals surface area contributed by atoms with E-state index in [4.69, 9.17) is 17.3 Å². The van der Waals surface area contributed by atoms with Gasteiger partial charge in [-0.2, -0.15) is 0 Å².